The number of carboxylic acid groups (broad SMARTS) is 1. The Morgan fingerprint density at radius 2 is 1.73 bits per heavy atom. The number of nitrogens with one attached hydrogen (secondary N) is 2. The van der Waals surface area contributed by atoms with Gasteiger partial charge in [-0.3, -0.25) is 10.1 Å². The van der Waals surface area contributed by atoms with Crippen molar-refractivity contribution in [1.29, 1.82) is 0 Å². The number of hydrogen-bond donors (Lipinski definition) is 3. The molecule has 3 rings (SSSR count). The molecule has 0 aliphatic heterocycles. The number of rotatable bonds is 9. The van der Waals surface area contributed by atoms with Crippen molar-refractivity contribution in [2.24, 2.45) is 0 Å². The molecule has 1 aliphatic rings. The number of para-hydroxylation sites is 1. The SMILES string of the molecule is CI.C[C@H](NC(=O)C1(NCCOc2ccccc2)CCC1)c1ccc(C(=O)O)cc1. The first-order valence-corrected chi connectivity index (χ1v) is 12.1. The van der Waals surface area contributed by atoms with Crippen LogP contribution in [-0.4, -0.2) is 40.6 Å². The molecule has 1 saturated carbocycles. The minimum atomic E-state index is -0.960. The van der Waals surface area contributed by atoms with Gasteiger partial charge in [0.15, 0.2) is 0 Å². The molecule has 1 aliphatic carbocycles. The number of alkyl halides is 1. The maximum absolute atomic E-state index is 12.9. The van der Waals surface area contributed by atoms with Crippen molar-refractivity contribution in [3.05, 3.63) is 65.7 Å². The number of amides is 1. The Labute approximate surface area is 191 Å². The number of hydrogen-bond acceptors (Lipinski definition) is 4. The molecule has 0 radical (unpaired) electrons. The number of carbonyl (C=O) groups excluding carboxylic acids is 1. The number of aromatic carboxylic acids is 1. The van der Waals surface area contributed by atoms with Crippen molar-refractivity contribution in [3.63, 3.8) is 0 Å². The molecular formula is C23H29IN2O4. The summed E-state index contributed by atoms with van der Waals surface area (Å²) in [6.07, 6.45) is 2.62. The van der Waals surface area contributed by atoms with E-state index < -0.39 is 11.5 Å². The quantitative estimate of drug-likeness (QED) is 0.260. The average Bonchev–Trinajstić information content (AvgIpc) is 2.74. The van der Waals surface area contributed by atoms with E-state index in [2.05, 4.69) is 33.2 Å². The summed E-state index contributed by atoms with van der Waals surface area (Å²) < 4.78 is 5.69. The minimum absolute atomic E-state index is 0.0201. The monoisotopic (exact) mass is 524 g/mol. The van der Waals surface area contributed by atoms with E-state index in [4.69, 9.17) is 9.84 Å². The molecule has 30 heavy (non-hydrogen) atoms. The van der Waals surface area contributed by atoms with E-state index in [1.807, 2.05) is 42.2 Å². The predicted molar refractivity (Wildman–Crippen MR) is 126 cm³/mol. The number of ether oxygens (including phenoxy) is 1. The van der Waals surface area contributed by atoms with Crippen LogP contribution in [-0.2, 0) is 4.79 Å². The molecule has 3 N–H and O–H groups in total. The van der Waals surface area contributed by atoms with Crippen LogP contribution in [0.25, 0.3) is 0 Å². The van der Waals surface area contributed by atoms with Crippen LogP contribution < -0.4 is 15.4 Å². The maximum Gasteiger partial charge on any atom is 0.335 e. The first-order chi connectivity index (χ1) is 14.5. The van der Waals surface area contributed by atoms with Crippen LogP contribution in [0.1, 0.15) is 48.1 Å². The van der Waals surface area contributed by atoms with E-state index in [-0.39, 0.29) is 17.5 Å². The molecule has 7 heteroatoms. The van der Waals surface area contributed by atoms with Gasteiger partial charge in [0, 0.05) is 6.54 Å². The molecule has 0 spiro atoms. The number of carbonyl (C=O) groups is 2. The van der Waals surface area contributed by atoms with Crippen LogP contribution >= 0.6 is 22.6 Å². The van der Waals surface area contributed by atoms with Crippen LogP contribution in [0.3, 0.4) is 0 Å². The second-order valence-corrected chi connectivity index (χ2v) is 7.15. The van der Waals surface area contributed by atoms with Crippen LogP contribution in [0.15, 0.2) is 54.6 Å². The highest BCUT2D eigenvalue weighted by molar-refractivity contribution is 14.1. The van der Waals surface area contributed by atoms with Gasteiger partial charge in [-0.05, 0) is 60.9 Å². The lowest BCUT2D eigenvalue weighted by Crippen LogP contribution is -2.62. The first kappa shape index (κ1) is 24.1. The highest BCUT2D eigenvalue weighted by Crippen LogP contribution is 2.32. The normalized spacial score (nSPS) is 15.0. The molecule has 6 nitrogen and oxygen atoms in total. The Kier molecular flexibility index (Phi) is 9.58. The third kappa shape index (κ3) is 6.43. The van der Waals surface area contributed by atoms with Gasteiger partial charge in [-0.15, -0.1) is 0 Å². The molecule has 1 amide bonds. The van der Waals surface area contributed by atoms with Gasteiger partial charge >= 0.3 is 5.97 Å². The zero-order valence-corrected chi connectivity index (χ0v) is 19.5. The molecule has 2 aromatic carbocycles. The van der Waals surface area contributed by atoms with E-state index in [1.54, 1.807) is 24.3 Å². The van der Waals surface area contributed by atoms with Gasteiger partial charge in [-0.25, -0.2) is 4.79 Å². The highest BCUT2D eigenvalue weighted by Gasteiger charge is 2.43. The summed E-state index contributed by atoms with van der Waals surface area (Å²) >= 11 is 2.15. The summed E-state index contributed by atoms with van der Waals surface area (Å²) in [5.74, 6) is -0.165. The summed E-state index contributed by atoms with van der Waals surface area (Å²) in [7, 11) is 0. The summed E-state index contributed by atoms with van der Waals surface area (Å²) in [6, 6.07) is 16.0. The van der Waals surface area contributed by atoms with E-state index in [0.717, 1.165) is 30.6 Å². The van der Waals surface area contributed by atoms with Crippen LogP contribution in [0.2, 0.25) is 0 Å². The smallest absolute Gasteiger partial charge is 0.335 e. The lowest BCUT2D eigenvalue weighted by Gasteiger charge is -2.41. The third-order valence-corrected chi connectivity index (χ3v) is 5.22. The van der Waals surface area contributed by atoms with E-state index in [0.29, 0.717) is 13.2 Å². The van der Waals surface area contributed by atoms with Crippen molar-refractivity contribution in [3.8, 4) is 5.75 Å². The zero-order valence-electron chi connectivity index (χ0n) is 17.4. The fourth-order valence-corrected chi connectivity index (χ4v) is 3.32. The third-order valence-electron chi connectivity index (χ3n) is 5.22. The lowest BCUT2D eigenvalue weighted by molar-refractivity contribution is -0.131. The summed E-state index contributed by atoms with van der Waals surface area (Å²) in [5.41, 5.74) is 0.563. The molecule has 0 aromatic heterocycles. The number of benzene rings is 2. The van der Waals surface area contributed by atoms with E-state index in [1.165, 1.54) is 0 Å². The first-order valence-electron chi connectivity index (χ1n) is 9.95. The minimum Gasteiger partial charge on any atom is -0.492 e. The van der Waals surface area contributed by atoms with Gasteiger partial charge in [-0.2, -0.15) is 0 Å². The van der Waals surface area contributed by atoms with Crippen LogP contribution in [0.4, 0.5) is 0 Å². The topological polar surface area (TPSA) is 87.7 Å². The fraction of sp³-hybridized carbons (Fsp3) is 0.391. The molecule has 0 saturated heterocycles. The summed E-state index contributed by atoms with van der Waals surface area (Å²) in [5, 5.41) is 15.4. The van der Waals surface area contributed by atoms with E-state index in [9.17, 15) is 9.59 Å². The predicted octanol–water partition coefficient (Wildman–Crippen LogP) is 4.20. The molecular weight excluding hydrogens is 495 g/mol. The average molecular weight is 524 g/mol. The zero-order chi connectivity index (χ0) is 22.0. The standard InChI is InChI=1S/C22H26N2O4.CH3I/c1-16(17-8-10-18(11-9-17)20(25)26)24-21(27)22(12-5-13-22)23-14-15-28-19-6-3-2-4-7-19;1-2/h2-4,6-11,16,23H,5,12-15H2,1H3,(H,24,27)(H,25,26);1H3/t16-;/m0./s1. The lowest BCUT2D eigenvalue weighted by atomic mass is 9.75. The Bertz CT molecular complexity index is 808. The second-order valence-electron chi connectivity index (χ2n) is 7.15. The Balaban J connectivity index is 0.00000155. The Morgan fingerprint density at radius 1 is 1.10 bits per heavy atom. The van der Waals surface area contributed by atoms with Crippen molar-refractivity contribution in [2.45, 2.75) is 37.8 Å². The summed E-state index contributed by atoms with van der Waals surface area (Å²) in [6.45, 7) is 2.98. The number of halogens is 1. The molecule has 162 valence electrons. The Morgan fingerprint density at radius 3 is 2.27 bits per heavy atom. The molecule has 1 fully saturated rings. The van der Waals surface area contributed by atoms with Crippen molar-refractivity contribution >= 4 is 34.5 Å². The summed E-state index contributed by atoms with van der Waals surface area (Å²) in [4.78, 5) is 25.8. The Hall–Kier alpha value is -2.13. The van der Waals surface area contributed by atoms with Gasteiger partial charge in [0.2, 0.25) is 5.91 Å². The van der Waals surface area contributed by atoms with E-state index >= 15 is 0 Å². The second kappa shape index (κ2) is 11.9. The van der Waals surface area contributed by atoms with Gasteiger partial charge < -0.3 is 15.2 Å². The molecule has 1 atom stereocenters. The molecule has 2 aromatic rings. The number of carboxylic acids is 1. The van der Waals surface area contributed by atoms with Gasteiger partial charge in [0.05, 0.1) is 17.1 Å². The maximum atomic E-state index is 12.9. The van der Waals surface area contributed by atoms with Crippen LogP contribution in [0.5, 0.6) is 5.75 Å². The van der Waals surface area contributed by atoms with Gasteiger partial charge in [0.1, 0.15) is 12.4 Å². The highest BCUT2D eigenvalue weighted by atomic mass is 127. The van der Waals surface area contributed by atoms with Gasteiger partial charge in [-0.1, -0.05) is 52.9 Å². The van der Waals surface area contributed by atoms with Gasteiger partial charge in [0.25, 0.3) is 0 Å². The molecule has 0 unspecified atom stereocenters. The van der Waals surface area contributed by atoms with Crippen molar-refractivity contribution in [1.82, 2.24) is 10.6 Å². The van der Waals surface area contributed by atoms with Crippen molar-refractivity contribution < 1.29 is 19.4 Å². The van der Waals surface area contributed by atoms with Crippen molar-refractivity contribution in [2.75, 3.05) is 18.1 Å². The molecule has 0 heterocycles. The molecule has 0 bridgehead atoms. The largest absolute Gasteiger partial charge is 0.492 e. The fourth-order valence-electron chi connectivity index (χ4n) is 3.32. The van der Waals surface area contributed by atoms with Crippen LogP contribution in [0, 0.1) is 0 Å².